The SMILES string of the molecule is CCOC(=O)OCc1ccccc1C[n+]1ccn(C/C=C/Cn2cc[n+](Cc3ccccc3C)c2)c1. The second-order valence-corrected chi connectivity index (χ2v) is 8.70. The van der Waals surface area contributed by atoms with E-state index in [0.717, 1.165) is 30.8 Å². The normalized spacial score (nSPS) is 11.2. The van der Waals surface area contributed by atoms with Crippen molar-refractivity contribution >= 4 is 6.16 Å². The Morgan fingerprint density at radius 1 is 0.806 bits per heavy atom. The van der Waals surface area contributed by atoms with Crippen molar-refractivity contribution in [2.24, 2.45) is 0 Å². The Morgan fingerprint density at radius 2 is 1.36 bits per heavy atom. The minimum atomic E-state index is -0.640. The van der Waals surface area contributed by atoms with Gasteiger partial charge in [0.1, 0.15) is 57.6 Å². The van der Waals surface area contributed by atoms with Crippen LogP contribution >= 0.6 is 0 Å². The summed E-state index contributed by atoms with van der Waals surface area (Å²) in [7, 11) is 0. The van der Waals surface area contributed by atoms with E-state index in [-0.39, 0.29) is 6.61 Å². The molecular weight excluding hydrogens is 452 g/mol. The lowest BCUT2D eigenvalue weighted by Gasteiger charge is -2.08. The van der Waals surface area contributed by atoms with Crippen molar-refractivity contribution in [2.75, 3.05) is 6.61 Å². The molecule has 36 heavy (non-hydrogen) atoms. The van der Waals surface area contributed by atoms with Crippen LogP contribution in [0.5, 0.6) is 0 Å². The molecule has 0 aliphatic carbocycles. The van der Waals surface area contributed by atoms with Crippen LogP contribution in [-0.4, -0.2) is 21.9 Å². The molecule has 0 radical (unpaired) electrons. The first-order chi connectivity index (χ1) is 17.6. The van der Waals surface area contributed by atoms with Gasteiger partial charge in [-0.3, -0.25) is 0 Å². The summed E-state index contributed by atoms with van der Waals surface area (Å²) in [6, 6.07) is 16.5. The number of nitrogens with zero attached hydrogens (tertiary/aromatic N) is 4. The predicted octanol–water partition coefficient (Wildman–Crippen LogP) is 4.20. The Hall–Kier alpha value is -4.13. The number of benzene rings is 2. The maximum atomic E-state index is 11.5. The van der Waals surface area contributed by atoms with Gasteiger partial charge in [0.2, 0.25) is 12.7 Å². The number of allylic oxidation sites excluding steroid dienone is 2. The van der Waals surface area contributed by atoms with Gasteiger partial charge in [-0.15, -0.1) is 0 Å². The van der Waals surface area contributed by atoms with Crippen molar-refractivity contribution in [1.82, 2.24) is 9.13 Å². The van der Waals surface area contributed by atoms with Crippen molar-refractivity contribution in [3.8, 4) is 0 Å². The van der Waals surface area contributed by atoms with Gasteiger partial charge in [-0.25, -0.2) is 23.1 Å². The smallest absolute Gasteiger partial charge is 0.435 e. The summed E-state index contributed by atoms with van der Waals surface area (Å²) in [5.74, 6) is 0. The summed E-state index contributed by atoms with van der Waals surface area (Å²) in [4.78, 5) is 11.5. The predicted molar refractivity (Wildman–Crippen MR) is 136 cm³/mol. The van der Waals surface area contributed by atoms with Crippen LogP contribution in [0.15, 0.2) is 98.1 Å². The van der Waals surface area contributed by atoms with E-state index in [2.05, 4.69) is 105 Å². The van der Waals surface area contributed by atoms with Gasteiger partial charge in [-0.2, -0.15) is 0 Å². The monoisotopic (exact) mass is 486 g/mol. The van der Waals surface area contributed by atoms with Gasteiger partial charge >= 0.3 is 6.16 Å². The molecule has 4 aromatic rings. The zero-order valence-corrected chi connectivity index (χ0v) is 21.0. The number of hydrogen-bond acceptors (Lipinski definition) is 3. The highest BCUT2D eigenvalue weighted by atomic mass is 16.7. The molecule has 2 aromatic carbocycles. The van der Waals surface area contributed by atoms with Crippen molar-refractivity contribution in [1.29, 1.82) is 0 Å². The fourth-order valence-electron chi connectivity index (χ4n) is 4.00. The molecule has 186 valence electrons. The Balaban J connectivity index is 1.26. The number of carbonyl (C=O) groups is 1. The second-order valence-electron chi connectivity index (χ2n) is 8.70. The molecule has 2 heterocycles. The number of hydrogen-bond donors (Lipinski definition) is 0. The summed E-state index contributed by atoms with van der Waals surface area (Å²) in [5.41, 5.74) is 4.73. The first kappa shape index (κ1) is 25.0. The minimum Gasteiger partial charge on any atom is -0.435 e. The molecule has 0 unspecified atom stereocenters. The van der Waals surface area contributed by atoms with Crippen LogP contribution in [0.25, 0.3) is 0 Å². The van der Waals surface area contributed by atoms with Crippen LogP contribution in [0.3, 0.4) is 0 Å². The van der Waals surface area contributed by atoms with Gasteiger partial charge in [0, 0.05) is 5.56 Å². The molecule has 0 amide bonds. The molecule has 7 nitrogen and oxygen atoms in total. The molecule has 0 spiro atoms. The molecule has 2 aromatic heterocycles. The first-order valence-electron chi connectivity index (χ1n) is 12.3. The summed E-state index contributed by atoms with van der Waals surface area (Å²) in [6.45, 7) is 7.62. The number of carbonyl (C=O) groups excluding carboxylic acids is 1. The molecule has 4 rings (SSSR count). The van der Waals surface area contributed by atoms with E-state index in [9.17, 15) is 4.79 Å². The van der Waals surface area contributed by atoms with Crippen LogP contribution < -0.4 is 9.13 Å². The lowest BCUT2D eigenvalue weighted by Crippen LogP contribution is -2.32. The Morgan fingerprint density at radius 3 is 1.97 bits per heavy atom. The van der Waals surface area contributed by atoms with E-state index in [1.54, 1.807) is 6.92 Å². The number of aromatic nitrogens is 4. The number of imidazole rings is 2. The van der Waals surface area contributed by atoms with Crippen LogP contribution in [0.1, 0.15) is 29.2 Å². The number of rotatable bonds is 11. The van der Waals surface area contributed by atoms with E-state index >= 15 is 0 Å². The highest BCUT2D eigenvalue weighted by molar-refractivity contribution is 5.59. The van der Waals surface area contributed by atoms with E-state index in [1.807, 2.05) is 18.2 Å². The molecule has 0 bridgehead atoms. The van der Waals surface area contributed by atoms with Gasteiger partial charge in [-0.1, -0.05) is 48.5 Å². The molecule has 0 aliphatic rings. The van der Waals surface area contributed by atoms with E-state index in [0.29, 0.717) is 13.2 Å². The lowest BCUT2D eigenvalue weighted by atomic mass is 10.1. The lowest BCUT2D eigenvalue weighted by molar-refractivity contribution is -0.688. The second kappa shape index (κ2) is 12.5. The Labute approximate surface area is 212 Å². The average Bonchev–Trinajstić information content (AvgIpc) is 3.52. The van der Waals surface area contributed by atoms with E-state index in [4.69, 9.17) is 9.47 Å². The number of aryl methyl sites for hydroxylation is 1. The molecule has 0 saturated heterocycles. The molecule has 0 fully saturated rings. The van der Waals surface area contributed by atoms with Crippen molar-refractivity contribution in [3.05, 3.63) is 120 Å². The van der Waals surface area contributed by atoms with Crippen molar-refractivity contribution in [3.63, 3.8) is 0 Å². The third kappa shape index (κ3) is 7.18. The van der Waals surface area contributed by atoms with Crippen molar-refractivity contribution < 1.29 is 23.4 Å². The maximum Gasteiger partial charge on any atom is 0.508 e. The first-order valence-corrected chi connectivity index (χ1v) is 12.3. The van der Waals surface area contributed by atoms with E-state index in [1.165, 1.54) is 11.1 Å². The summed E-state index contributed by atoms with van der Waals surface area (Å²) < 4.78 is 18.7. The Kier molecular flexibility index (Phi) is 8.70. The number of ether oxygens (including phenoxy) is 2. The fraction of sp³-hybridized carbons (Fsp3) is 0.276. The highest BCUT2D eigenvalue weighted by Gasteiger charge is 2.10. The largest absolute Gasteiger partial charge is 0.508 e. The third-order valence-corrected chi connectivity index (χ3v) is 5.98. The van der Waals surface area contributed by atoms with Crippen LogP contribution in [0, 0.1) is 6.92 Å². The molecular formula is C29H34N4O3+2. The third-order valence-electron chi connectivity index (χ3n) is 5.98. The van der Waals surface area contributed by atoms with Crippen LogP contribution in [0.2, 0.25) is 0 Å². The van der Waals surface area contributed by atoms with Crippen LogP contribution in [-0.2, 0) is 42.3 Å². The molecule has 0 aliphatic heterocycles. The molecule has 0 N–H and O–H groups in total. The quantitative estimate of drug-likeness (QED) is 0.181. The van der Waals surface area contributed by atoms with Gasteiger partial charge < -0.3 is 9.47 Å². The zero-order chi connectivity index (χ0) is 25.2. The summed E-state index contributed by atoms with van der Waals surface area (Å²) in [6.07, 6.45) is 16.3. The fourth-order valence-corrected chi connectivity index (χ4v) is 4.00. The Bertz CT molecular complexity index is 1310. The maximum absolute atomic E-state index is 11.5. The summed E-state index contributed by atoms with van der Waals surface area (Å²) >= 11 is 0. The highest BCUT2D eigenvalue weighted by Crippen LogP contribution is 2.11. The zero-order valence-electron chi connectivity index (χ0n) is 21.0. The van der Waals surface area contributed by atoms with Crippen LogP contribution in [0.4, 0.5) is 4.79 Å². The molecule has 0 atom stereocenters. The van der Waals surface area contributed by atoms with Gasteiger partial charge in [-0.05, 0) is 42.7 Å². The molecule has 0 saturated carbocycles. The minimum absolute atomic E-state index is 0.198. The topological polar surface area (TPSA) is 53.2 Å². The standard InChI is InChI=1S/C29H34N4O3/c1-3-35-29(34)36-22-28-13-7-6-12-27(28)21-33-19-17-31(24-33)15-9-8-14-30-16-18-32(23-30)20-26-11-5-4-10-25(26)2/h4-13,16-19,23-24H,3,14-15,20-22H2,1-2H3/q+2/b9-8+. The average molecular weight is 487 g/mol. The summed E-state index contributed by atoms with van der Waals surface area (Å²) in [5, 5.41) is 0. The van der Waals surface area contributed by atoms with E-state index < -0.39 is 6.16 Å². The van der Waals surface area contributed by atoms with Gasteiger partial charge in [0.05, 0.1) is 6.61 Å². The van der Waals surface area contributed by atoms with Crippen molar-refractivity contribution in [2.45, 2.75) is 46.6 Å². The van der Waals surface area contributed by atoms with Gasteiger partial charge in [0.15, 0.2) is 0 Å². The molecule has 7 heteroatoms. The van der Waals surface area contributed by atoms with Gasteiger partial charge in [0.25, 0.3) is 0 Å².